The molecule has 1 aromatic heterocycles. The minimum absolute atomic E-state index is 0.883. The molecule has 1 N–H and O–H groups in total. The first-order valence-corrected chi connectivity index (χ1v) is 7.50. The Morgan fingerprint density at radius 3 is 2.22 bits per heavy atom. The Bertz CT molecular complexity index is 941. The van der Waals surface area contributed by atoms with Crippen molar-refractivity contribution in [1.29, 1.82) is 0 Å². The van der Waals surface area contributed by atoms with Crippen molar-refractivity contribution in [3.05, 3.63) is 73.2 Å². The zero-order chi connectivity index (χ0) is 15.6. The Morgan fingerprint density at radius 1 is 0.783 bits per heavy atom. The number of imidazole rings is 1. The lowest BCUT2D eigenvalue weighted by Crippen LogP contribution is -1.84. The van der Waals surface area contributed by atoms with Crippen molar-refractivity contribution in [2.75, 3.05) is 7.11 Å². The van der Waals surface area contributed by atoms with Gasteiger partial charge in [-0.2, -0.15) is 0 Å². The smallest absolute Gasteiger partial charge is 0.119 e. The molecule has 0 spiro atoms. The number of rotatable bonds is 3. The zero-order valence-corrected chi connectivity index (χ0v) is 12.8. The largest absolute Gasteiger partial charge is 0.497 e. The molecule has 0 bridgehead atoms. The molecule has 4 aromatic rings. The van der Waals surface area contributed by atoms with Gasteiger partial charge in [-0.1, -0.05) is 42.5 Å². The van der Waals surface area contributed by atoms with E-state index in [4.69, 9.17) is 4.74 Å². The minimum Gasteiger partial charge on any atom is -0.497 e. The Balaban J connectivity index is 1.71. The first kappa shape index (κ1) is 13.6. The number of nitrogens with one attached hydrogen (secondary N) is 1. The van der Waals surface area contributed by atoms with E-state index in [0.717, 1.165) is 17.0 Å². The third-order valence-corrected chi connectivity index (χ3v) is 4.07. The first-order valence-electron chi connectivity index (χ1n) is 7.50. The molecule has 3 aromatic carbocycles. The second kappa shape index (κ2) is 5.61. The summed E-state index contributed by atoms with van der Waals surface area (Å²) in [6.45, 7) is 0. The summed E-state index contributed by atoms with van der Waals surface area (Å²) < 4.78 is 5.28. The number of H-pyrrole nitrogens is 1. The van der Waals surface area contributed by atoms with Crippen LogP contribution in [-0.2, 0) is 0 Å². The van der Waals surface area contributed by atoms with Crippen LogP contribution in [0.15, 0.2) is 73.2 Å². The molecule has 0 amide bonds. The third-order valence-electron chi connectivity index (χ3n) is 4.07. The van der Waals surface area contributed by atoms with Crippen LogP contribution in [-0.4, -0.2) is 17.1 Å². The molecule has 1 heterocycles. The second-order valence-corrected chi connectivity index (χ2v) is 5.47. The molecular formula is C20H16N2O. The molecular weight excluding hydrogens is 284 g/mol. The number of nitrogens with zero attached hydrogens (tertiary/aromatic N) is 1. The number of methoxy groups -OCH3 is 1. The second-order valence-electron chi connectivity index (χ2n) is 5.47. The van der Waals surface area contributed by atoms with Crippen LogP contribution in [0.3, 0.4) is 0 Å². The molecule has 0 aliphatic rings. The number of benzene rings is 3. The fourth-order valence-electron chi connectivity index (χ4n) is 2.79. The van der Waals surface area contributed by atoms with Crippen molar-refractivity contribution in [2.45, 2.75) is 0 Å². The van der Waals surface area contributed by atoms with Gasteiger partial charge in [0.1, 0.15) is 5.75 Å². The molecule has 0 saturated heterocycles. The van der Waals surface area contributed by atoms with E-state index >= 15 is 0 Å². The number of aromatic nitrogens is 2. The minimum atomic E-state index is 0.883. The van der Waals surface area contributed by atoms with Crippen LogP contribution >= 0.6 is 0 Å². The van der Waals surface area contributed by atoms with Gasteiger partial charge in [-0.05, 0) is 45.7 Å². The maximum Gasteiger partial charge on any atom is 0.119 e. The molecule has 0 unspecified atom stereocenters. The van der Waals surface area contributed by atoms with E-state index in [9.17, 15) is 0 Å². The van der Waals surface area contributed by atoms with E-state index in [2.05, 4.69) is 64.6 Å². The van der Waals surface area contributed by atoms with E-state index < -0.39 is 0 Å². The van der Waals surface area contributed by atoms with Gasteiger partial charge in [0.25, 0.3) is 0 Å². The lowest BCUT2D eigenvalue weighted by Gasteiger charge is -2.07. The van der Waals surface area contributed by atoms with Gasteiger partial charge in [-0.15, -0.1) is 0 Å². The summed E-state index contributed by atoms with van der Waals surface area (Å²) in [6, 6.07) is 21.1. The summed E-state index contributed by atoms with van der Waals surface area (Å²) >= 11 is 0. The quantitative estimate of drug-likeness (QED) is 0.584. The molecule has 112 valence electrons. The predicted molar refractivity (Wildman–Crippen MR) is 93.5 cm³/mol. The van der Waals surface area contributed by atoms with Crippen molar-refractivity contribution >= 4 is 10.8 Å². The highest BCUT2D eigenvalue weighted by Crippen LogP contribution is 2.28. The van der Waals surface area contributed by atoms with Crippen LogP contribution in [0.5, 0.6) is 5.75 Å². The zero-order valence-electron chi connectivity index (χ0n) is 12.8. The number of hydrogen-bond donors (Lipinski definition) is 1. The average molecular weight is 300 g/mol. The van der Waals surface area contributed by atoms with Gasteiger partial charge in [0.05, 0.1) is 25.3 Å². The fourth-order valence-corrected chi connectivity index (χ4v) is 2.79. The van der Waals surface area contributed by atoms with Crippen LogP contribution in [0.1, 0.15) is 0 Å². The number of fused-ring (bicyclic) bond motifs is 1. The lowest BCUT2D eigenvalue weighted by molar-refractivity contribution is 0.415. The monoisotopic (exact) mass is 300 g/mol. The molecule has 0 aliphatic heterocycles. The van der Waals surface area contributed by atoms with Crippen LogP contribution in [0, 0.1) is 0 Å². The Morgan fingerprint density at radius 2 is 1.48 bits per heavy atom. The van der Waals surface area contributed by atoms with Gasteiger partial charge in [0, 0.05) is 0 Å². The summed E-state index contributed by atoms with van der Waals surface area (Å²) in [5.41, 5.74) is 4.57. The lowest BCUT2D eigenvalue weighted by atomic mass is 10.00. The predicted octanol–water partition coefficient (Wildman–Crippen LogP) is 4.91. The van der Waals surface area contributed by atoms with Gasteiger partial charge < -0.3 is 9.72 Å². The number of ether oxygens (including phenoxy) is 1. The fraction of sp³-hybridized carbons (Fsp3) is 0.0500. The van der Waals surface area contributed by atoms with Crippen molar-refractivity contribution < 1.29 is 4.74 Å². The highest BCUT2D eigenvalue weighted by molar-refractivity contribution is 5.88. The normalized spacial score (nSPS) is 10.8. The van der Waals surface area contributed by atoms with Crippen LogP contribution in [0.25, 0.3) is 33.2 Å². The standard InChI is InChI=1S/C20H16N2O/c1-23-19-9-8-17-10-16(6-7-18(17)11-19)14-2-4-15(5-3-14)20-12-21-13-22-20/h2-13H,1H3,(H,21,22). The molecule has 0 fully saturated rings. The summed E-state index contributed by atoms with van der Waals surface area (Å²) in [7, 11) is 1.69. The van der Waals surface area contributed by atoms with E-state index in [0.29, 0.717) is 0 Å². The Kier molecular flexibility index (Phi) is 3.31. The van der Waals surface area contributed by atoms with Crippen LogP contribution < -0.4 is 4.74 Å². The van der Waals surface area contributed by atoms with Gasteiger partial charge in [-0.25, -0.2) is 4.98 Å². The van der Waals surface area contributed by atoms with Gasteiger partial charge in [0.15, 0.2) is 0 Å². The van der Waals surface area contributed by atoms with Crippen molar-refractivity contribution in [1.82, 2.24) is 9.97 Å². The van der Waals surface area contributed by atoms with Gasteiger partial charge in [0.2, 0.25) is 0 Å². The van der Waals surface area contributed by atoms with Crippen LogP contribution in [0.4, 0.5) is 0 Å². The molecule has 0 saturated carbocycles. The summed E-state index contributed by atoms with van der Waals surface area (Å²) in [5.74, 6) is 0.883. The number of aromatic amines is 1. The third kappa shape index (κ3) is 2.57. The highest BCUT2D eigenvalue weighted by Gasteiger charge is 2.03. The SMILES string of the molecule is COc1ccc2cc(-c3ccc(-c4cnc[nH]4)cc3)ccc2c1. The van der Waals surface area contributed by atoms with Gasteiger partial charge in [-0.3, -0.25) is 0 Å². The molecule has 3 heteroatoms. The topological polar surface area (TPSA) is 37.9 Å². The average Bonchev–Trinajstić information content (AvgIpc) is 3.15. The van der Waals surface area contributed by atoms with E-state index in [1.807, 2.05) is 12.3 Å². The molecule has 0 aliphatic carbocycles. The maximum absolute atomic E-state index is 5.28. The van der Waals surface area contributed by atoms with Crippen molar-refractivity contribution in [3.8, 4) is 28.1 Å². The molecule has 3 nitrogen and oxygen atoms in total. The Labute approximate surface area is 134 Å². The molecule has 4 rings (SSSR count). The van der Waals surface area contributed by atoms with E-state index in [-0.39, 0.29) is 0 Å². The van der Waals surface area contributed by atoms with Crippen LogP contribution in [0.2, 0.25) is 0 Å². The summed E-state index contributed by atoms with van der Waals surface area (Å²) in [5, 5.41) is 2.39. The number of hydrogen-bond acceptors (Lipinski definition) is 2. The van der Waals surface area contributed by atoms with Gasteiger partial charge >= 0.3 is 0 Å². The summed E-state index contributed by atoms with van der Waals surface area (Å²) in [4.78, 5) is 7.19. The Hall–Kier alpha value is -3.07. The molecule has 23 heavy (non-hydrogen) atoms. The van der Waals surface area contributed by atoms with E-state index in [1.165, 1.54) is 21.9 Å². The maximum atomic E-state index is 5.28. The van der Waals surface area contributed by atoms with Crippen molar-refractivity contribution in [3.63, 3.8) is 0 Å². The highest BCUT2D eigenvalue weighted by atomic mass is 16.5. The van der Waals surface area contributed by atoms with E-state index in [1.54, 1.807) is 13.4 Å². The van der Waals surface area contributed by atoms with Crippen molar-refractivity contribution in [2.24, 2.45) is 0 Å². The molecule has 0 radical (unpaired) electrons. The molecule has 0 atom stereocenters. The summed E-state index contributed by atoms with van der Waals surface area (Å²) in [6.07, 6.45) is 3.53. The first-order chi connectivity index (χ1) is 11.3.